The summed E-state index contributed by atoms with van der Waals surface area (Å²) in [5.41, 5.74) is 5.53. The minimum atomic E-state index is -0.393. The molecule has 1 fully saturated rings. The molecule has 5 rings (SSSR count). The predicted molar refractivity (Wildman–Crippen MR) is 171 cm³/mol. The molecule has 3 aromatic carbocycles. The number of aliphatic hydroxyl groups is 1. The van der Waals surface area contributed by atoms with Crippen LogP contribution in [0.2, 0.25) is 0 Å². The van der Waals surface area contributed by atoms with Gasteiger partial charge in [-0.3, -0.25) is 10.1 Å². The molecule has 43 heavy (non-hydrogen) atoms. The second kappa shape index (κ2) is 12.9. The van der Waals surface area contributed by atoms with E-state index in [2.05, 4.69) is 36.7 Å². The largest absolute Gasteiger partial charge is 0.392 e. The zero-order valence-corrected chi connectivity index (χ0v) is 25.4. The number of anilines is 2. The van der Waals surface area contributed by atoms with E-state index in [-0.39, 0.29) is 29.6 Å². The zero-order valence-electron chi connectivity index (χ0n) is 25.4. The van der Waals surface area contributed by atoms with Crippen molar-refractivity contribution >= 4 is 23.3 Å². The van der Waals surface area contributed by atoms with E-state index in [9.17, 15) is 14.7 Å². The number of benzene rings is 3. The monoisotopic (exact) mass is 579 g/mol. The van der Waals surface area contributed by atoms with Gasteiger partial charge in [-0.25, -0.2) is 9.48 Å². The number of carbonyl (C=O) groups excluding carboxylic acids is 2. The predicted octanol–water partition coefficient (Wildman–Crippen LogP) is 6.58. The number of aliphatic hydroxyl groups excluding tert-OH is 1. The van der Waals surface area contributed by atoms with Crippen molar-refractivity contribution in [3.8, 4) is 5.69 Å². The molecule has 8 nitrogen and oxygen atoms in total. The van der Waals surface area contributed by atoms with E-state index in [4.69, 9.17) is 5.10 Å². The number of piperidine rings is 1. The first-order valence-corrected chi connectivity index (χ1v) is 14.9. The van der Waals surface area contributed by atoms with E-state index in [1.54, 1.807) is 28.9 Å². The summed E-state index contributed by atoms with van der Waals surface area (Å²) >= 11 is 0. The third-order valence-corrected chi connectivity index (χ3v) is 8.06. The first-order valence-electron chi connectivity index (χ1n) is 14.9. The minimum absolute atomic E-state index is 0.0506. The second-order valence-corrected chi connectivity index (χ2v) is 12.4. The van der Waals surface area contributed by atoms with Crippen molar-refractivity contribution in [1.29, 1.82) is 0 Å². The quantitative estimate of drug-likeness (QED) is 0.176. The maximum absolute atomic E-state index is 13.9. The second-order valence-electron chi connectivity index (χ2n) is 12.4. The molecule has 0 aliphatic carbocycles. The maximum atomic E-state index is 13.9. The van der Waals surface area contributed by atoms with Gasteiger partial charge in [-0.2, -0.15) is 5.10 Å². The van der Waals surface area contributed by atoms with Crippen LogP contribution in [-0.2, 0) is 12.0 Å². The number of aryl methyl sites for hydroxylation is 1. The minimum Gasteiger partial charge on any atom is -0.392 e. The van der Waals surface area contributed by atoms with Gasteiger partial charge in [-0.05, 0) is 74.2 Å². The van der Waals surface area contributed by atoms with Gasteiger partial charge >= 0.3 is 6.03 Å². The van der Waals surface area contributed by atoms with Gasteiger partial charge in [-0.15, -0.1) is 0 Å². The van der Waals surface area contributed by atoms with Crippen LogP contribution in [0.4, 0.5) is 16.3 Å². The Morgan fingerprint density at radius 3 is 2.33 bits per heavy atom. The summed E-state index contributed by atoms with van der Waals surface area (Å²) in [6, 6.07) is 24.3. The molecule has 0 radical (unpaired) electrons. The highest BCUT2D eigenvalue weighted by Gasteiger charge is 2.32. The number of Topliss-reactive ketones (excluding diaryl/α,β-unsaturated/α-hetero) is 1. The fourth-order valence-corrected chi connectivity index (χ4v) is 5.58. The maximum Gasteiger partial charge on any atom is 0.324 e. The highest BCUT2D eigenvalue weighted by Crippen LogP contribution is 2.35. The topological polar surface area (TPSA) is 108 Å². The molecule has 1 saturated heterocycles. The Labute approximate surface area is 253 Å². The Balaban J connectivity index is 1.39. The average molecular weight is 580 g/mol. The molecule has 0 saturated carbocycles. The lowest BCUT2D eigenvalue weighted by Crippen LogP contribution is -2.33. The van der Waals surface area contributed by atoms with Crippen LogP contribution in [0.1, 0.15) is 72.3 Å². The summed E-state index contributed by atoms with van der Waals surface area (Å²) in [5, 5.41) is 23.6. The van der Waals surface area contributed by atoms with Crippen LogP contribution in [0.3, 0.4) is 0 Å². The zero-order chi connectivity index (χ0) is 30.6. The molecule has 0 spiro atoms. The third-order valence-electron chi connectivity index (χ3n) is 8.06. The summed E-state index contributed by atoms with van der Waals surface area (Å²) in [6.45, 7) is 9.96. The number of aromatic nitrogens is 2. The van der Waals surface area contributed by atoms with E-state index in [1.807, 2.05) is 61.5 Å². The van der Waals surface area contributed by atoms with Crippen molar-refractivity contribution in [2.75, 3.05) is 23.7 Å². The first kappa shape index (κ1) is 30.2. The lowest BCUT2D eigenvalue weighted by molar-refractivity contribution is 0.0916. The van der Waals surface area contributed by atoms with Gasteiger partial charge in [0.15, 0.2) is 5.78 Å². The number of nitrogens with zero attached hydrogens (tertiary/aromatic N) is 2. The van der Waals surface area contributed by atoms with E-state index in [1.165, 1.54) is 0 Å². The summed E-state index contributed by atoms with van der Waals surface area (Å²) < 4.78 is 1.75. The number of carbonyl (C=O) groups is 2. The Morgan fingerprint density at radius 2 is 1.67 bits per heavy atom. The van der Waals surface area contributed by atoms with Gasteiger partial charge in [0.25, 0.3) is 0 Å². The molecule has 1 aliphatic rings. The number of urea groups is 1. The normalized spacial score (nSPS) is 14.7. The van der Waals surface area contributed by atoms with Crippen LogP contribution in [0.5, 0.6) is 0 Å². The van der Waals surface area contributed by atoms with Gasteiger partial charge in [-0.1, -0.05) is 74.9 Å². The Morgan fingerprint density at radius 1 is 0.977 bits per heavy atom. The van der Waals surface area contributed by atoms with Gasteiger partial charge in [0.05, 0.1) is 23.9 Å². The molecule has 1 unspecified atom stereocenters. The molecule has 2 amide bonds. The molecule has 1 aromatic heterocycles. The molecule has 8 heteroatoms. The standard InChI is InChI=1S/C35H41N5O3/c1-23-8-14-29(15-9-23)40-31(21-30(39-40)35(2,3)4)38-34(43)37-28-7-5-6-27(20-28)32(25-16-18-36-19-17-25)33(42)26-12-10-24(22-41)11-13-26/h5-15,20-21,25,32,36,41H,16-19,22H2,1-4H3,(H2,37,38,43). The molecule has 224 valence electrons. The van der Waals surface area contributed by atoms with Crippen LogP contribution in [0, 0.1) is 12.8 Å². The van der Waals surface area contributed by atoms with Crippen molar-refractivity contribution in [2.24, 2.45) is 5.92 Å². The van der Waals surface area contributed by atoms with Crippen LogP contribution >= 0.6 is 0 Å². The summed E-state index contributed by atoms with van der Waals surface area (Å²) in [6.07, 6.45) is 1.78. The first-order chi connectivity index (χ1) is 20.6. The number of nitrogens with one attached hydrogen (secondary N) is 3. The van der Waals surface area contributed by atoms with Crippen molar-refractivity contribution < 1.29 is 14.7 Å². The van der Waals surface area contributed by atoms with E-state index < -0.39 is 6.03 Å². The van der Waals surface area contributed by atoms with Crippen LogP contribution in [0.25, 0.3) is 5.69 Å². The summed E-state index contributed by atoms with van der Waals surface area (Å²) in [7, 11) is 0. The molecule has 2 heterocycles. The fourth-order valence-electron chi connectivity index (χ4n) is 5.58. The van der Waals surface area contributed by atoms with E-state index >= 15 is 0 Å². The number of ketones is 1. The smallest absolute Gasteiger partial charge is 0.324 e. The molecule has 0 bridgehead atoms. The molecular weight excluding hydrogens is 538 g/mol. The summed E-state index contributed by atoms with van der Waals surface area (Å²) in [5.74, 6) is 0.449. The highest BCUT2D eigenvalue weighted by atomic mass is 16.3. The van der Waals surface area contributed by atoms with E-state index in [0.717, 1.165) is 54.0 Å². The molecular formula is C35H41N5O3. The fraction of sp³-hybridized carbons (Fsp3) is 0.343. The third kappa shape index (κ3) is 7.21. The highest BCUT2D eigenvalue weighted by molar-refractivity contribution is 6.02. The number of hydrogen-bond acceptors (Lipinski definition) is 5. The number of rotatable bonds is 8. The lowest BCUT2D eigenvalue weighted by atomic mass is 9.76. The van der Waals surface area contributed by atoms with Crippen molar-refractivity contribution in [3.05, 3.63) is 107 Å². The van der Waals surface area contributed by atoms with Gasteiger partial charge in [0.2, 0.25) is 0 Å². The van der Waals surface area contributed by atoms with Gasteiger partial charge in [0, 0.05) is 22.7 Å². The SMILES string of the molecule is Cc1ccc(-n2nc(C(C)(C)C)cc2NC(=O)Nc2cccc(C(C(=O)c3ccc(CO)cc3)C3CCNCC3)c2)cc1. The van der Waals surface area contributed by atoms with Crippen LogP contribution < -0.4 is 16.0 Å². The number of hydrogen-bond donors (Lipinski definition) is 4. The van der Waals surface area contributed by atoms with Crippen molar-refractivity contribution in [1.82, 2.24) is 15.1 Å². The van der Waals surface area contributed by atoms with Crippen molar-refractivity contribution in [2.45, 2.75) is 58.5 Å². The Kier molecular flexibility index (Phi) is 9.08. The van der Waals surface area contributed by atoms with E-state index in [0.29, 0.717) is 17.1 Å². The van der Waals surface area contributed by atoms with Crippen molar-refractivity contribution in [3.63, 3.8) is 0 Å². The Bertz CT molecular complexity index is 1560. The van der Waals surface area contributed by atoms with Gasteiger partial charge in [0.1, 0.15) is 5.82 Å². The molecule has 4 aromatic rings. The lowest BCUT2D eigenvalue weighted by Gasteiger charge is -2.30. The Hall–Kier alpha value is -4.27. The van der Waals surface area contributed by atoms with Gasteiger partial charge < -0.3 is 15.7 Å². The summed E-state index contributed by atoms with van der Waals surface area (Å²) in [4.78, 5) is 27.2. The molecule has 1 atom stereocenters. The number of amides is 2. The molecule has 1 aliphatic heterocycles. The molecule has 4 N–H and O–H groups in total. The average Bonchev–Trinajstić information content (AvgIpc) is 3.42. The van der Waals surface area contributed by atoms with Crippen LogP contribution in [-0.4, -0.2) is 39.8 Å². The van der Waals surface area contributed by atoms with Crippen LogP contribution in [0.15, 0.2) is 78.9 Å².